The summed E-state index contributed by atoms with van der Waals surface area (Å²) >= 11 is 0. The molecule has 4 aromatic carbocycles. The van der Waals surface area contributed by atoms with E-state index in [4.69, 9.17) is 4.74 Å². The topological polar surface area (TPSA) is 29.5 Å². The number of anilines is 1. The number of carbonyl (C=O) groups excluding carboxylic acids is 1. The molecule has 0 bridgehead atoms. The van der Waals surface area contributed by atoms with E-state index in [1.54, 1.807) is 29.2 Å². The van der Waals surface area contributed by atoms with Crippen LogP contribution < -0.4 is 9.64 Å². The van der Waals surface area contributed by atoms with E-state index in [0.717, 1.165) is 28.8 Å². The van der Waals surface area contributed by atoms with E-state index < -0.39 is 6.61 Å². The molecular weight excluding hydrogens is 456 g/mol. The van der Waals surface area contributed by atoms with E-state index in [0.29, 0.717) is 16.7 Å². The summed E-state index contributed by atoms with van der Waals surface area (Å²) in [5.74, 6) is -0.166. The SMILES string of the molecule is C[C@H]1Cc2ccccc2N1C(=O)/C(=C\c1ccccc1OC(F)F)c1ccc(-c2ccccc2)cc1. The molecule has 5 heteroatoms. The van der Waals surface area contributed by atoms with Crippen LogP contribution in [0.1, 0.15) is 23.6 Å². The van der Waals surface area contributed by atoms with E-state index in [9.17, 15) is 13.6 Å². The number of fused-ring (bicyclic) bond motifs is 1. The average molecular weight is 482 g/mol. The lowest BCUT2D eigenvalue weighted by atomic mass is 9.97. The average Bonchev–Trinajstić information content (AvgIpc) is 3.24. The molecule has 0 fully saturated rings. The molecule has 1 aliphatic heterocycles. The Bertz CT molecular complexity index is 1400. The molecule has 0 saturated heterocycles. The minimum atomic E-state index is -2.96. The fourth-order valence-corrected chi connectivity index (χ4v) is 4.70. The van der Waals surface area contributed by atoms with Gasteiger partial charge in [0.15, 0.2) is 0 Å². The first-order valence-electron chi connectivity index (χ1n) is 11.8. The van der Waals surface area contributed by atoms with Crippen LogP contribution in [0.4, 0.5) is 14.5 Å². The van der Waals surface area contributed by atoms with Gasteiger partial charge in [-0.1, -0.05) is 91.0 Å². The third-order valence-electron chi connectivity index (χ3n) is 6.39. The minimum Gasteiger partial charge on any atom is -0.434 e. The smallest absolute Gasteiger partial charge is 0.387 e. The normalized spacial score (nSPS) is 15.2. The van der Waals surface area contributed by atoms with E-state index in [2.05, 4.69) is 0 Å². The summed E-state index contributed by atoms with van der Waals surface area (Å²) in [6, 6.07) is 32.0. The molecule has 0 radical (unpaired) electrons. The van der Waals surface area contributed by atoms with Gasteiger partial charge in [-0.05, 0) is 53.8 Å². The molecule has 180 valence electrons. The number of halogens is 2. The fourth-order valence-electron chi connectivity index (χ4n) is 4.70. The van der Waals surface area contributed by atoms with E-state index in [-0.39, 0.29) is 17.7 Å². The number of ether oxygens (including phenoxy) is 1. The molecule has 0 spiro atoms. The van der Waals surface area contributed by atoms with Crippen molar-refractivity contribution in [1.82, 2.24) is 0 Å². The molecule has 3 nitrogen and oxygen atoms in total. The summed E-state index contributed by atoms with van der Waals surface area (Å²) in [5, 5.41) is 0. The molecular formula is C31H25F2NO2. The van der Waals surface area contributed by atoms with E-state index in [1.807, 2.05) is 85.8 Å². The predicted octanol–water partition coefficient (Wildman–Crippen LogP) is 7.47. The lowest BCUT2D eigenvalue weighted by Crippen LogP contribution is -2.36. The van der Waals surface area contributed by atoms with Crippen molar-refractivity contribution in [3.63, 3.8) is 0 Å². The number of benzene rings is 4. The summed E-state index contributed by atoms with van der Waals surface area (Å²) in [5.41, 5.74) is 5.59. The molecule has 36 heavy (non-hydrogen) atoms. The highest BCUT2D eigenvalue weighted by Gasteiger charge is 2.32. The van der Waals surface area contributed by atoms with Crippen LogP contribution >= 0.6 is 0 Å². The maximum atomic E-state index is 14.1. The third-order valence-corrected chi connectivity index (χ3v) is 6.39. The van der Waals surface area contributed by atoms with Gasteiger partial charge in [-0.25, -0.2) is 0 Å². The van der Waals surface area contributed by atoms with Crippen molar-refractivity contribution in [2.75, 3.05) is 4.90 Å². The Morgan fingerprint density at radius 2 is 1.50 bits per heavy atom. The van der Waals surface area contributed by atoms with Gasteiger partial charge < -0.3 is 9.64 Å². The summed E-state index contributed by atoms with van der Waals surface area (Å²) in [6.07, 6.45) is 2.40. The molecule has 1 atom stereocenters. The van der Waals surface area contributed by atoms with Crippen molar-refractivity contribution in [3.05, 3.63) is 120 Å². The number of hydrogen-bond donors (Lipinski definition) is 0. The third kappa shape index (κ3) is 4.78. The highest BCUT2D eigenvalue weighted by Crippen LogP contribution is 2.36. The van der Waals surface area contributed by atoms with Gasteiger partial charge in [-0.15, -0.1) is 0 Å². The lowest BCUT2D eigenvalue weighted by Gasteiger charge is -2.24. The summed E-state index contributed by atoms with van der Waals surface area (Å²) in [4.78, 5) is 15.9. The number of amides is 1. The maximum Gasteiger partial charge on any atom is 0.387 e. The van der Waals surface area contributed by atoms with E-state index >= 15 is 0 Å². The molecule has 0 N–H and O–H groups in total. The van der Waals surface area contributed by atoms with Gasteiger partial charge in [0.2, 0.25) is 0 Å². The Morgan fingerprint density at radius 3 is 2.25 bits per heavy atom. The quantitative estimate of drug-likeness (QED) is 0.211. The molecule has 0 unspecified atom stereocenters. The zero-order valence-electron chi connectivity index (χ0n) is 19.8. The Hall–Kier alpha value is -4.25. The van der Waals surface area contributed by atoms with Crippen molar-refractivity contribution in [2.24, 2.45) is 0 Å². The van der Waals surface area contributed by atoms with Crippen molar-refractivity contribution in [3.8, 4) is 16.9 Å². The monoisotopic (exact) mass is 481 g/mol. The van der Waals surface area contributed by atoms with Gasteiger partial charge in [0.25, 0.3) is 5.91 Å². The Balaban J connectivity index is 1.60. The van der Waals surface area contributed by atoms with Crippen molar-refractivity contribution < 1.29 is 18.3 Å². The van der Waals surface area contributed by atoms with Gasteiger partial charge in [0.05, 0.1) is 0 Å². The fraction of sp³-hybridized carbons (Fsp3) is 0.129. The first-order chi connectivity index (χ1) is 17.5. The van der Waals surface area contributed by atoms with Crippen LogP contribution in [0, 0.1) is 0 Å². The van der Waals surface area contributed by atoms with Gasteiger partial charge in [-0.2, -0.15) is 8.78 Å². The number of hydrogen-bond acceptors (Lipinski definition) is 2. The highest BCUT2D eigenvalue weighted by molar-refractivity contribution is 6.30. The van der Waals surface area contributed by atoms with Crippen LogP contribution in [0.3, 0.4) is 0 Å². The van der Waals surface area contributed by atoms with E-state index in [1.165, 1.54) is 6.07 Å². The molecule has 0 aromatic heterocycles. The molecule has 0 aliphatic carbocycles. The largest absolute Gasteiger partial charge is 0.434 e. The van der Waals surface area contributed by atoms with Crippen molar-refractivity contribution in [2.45, 2.75) is 26.0 Å². The summed E-state index contributed by atoms with van der Waals surface area (Å²) in [6.45, 7) is -0.948. The van der Waals surface area contributed by atoms with Gasteiger partial charge in [-0.3, -0.25) is 4.79 Å². The zero-order chi connectivity index (χ0) is 25.1. The number of alkyl halides is 2. The number of rotatable bonds is 6. The maximum absolute atomic E-state index is 14.1. The molecule has 1 aliphatic rings. The Morgan fingerprint density at radius 1 is 0.861 bits per heavy atom. The zero-order valence-corrected chi connectivity index (χ0v) is 19.8. The van der Waals surface area contributed by atoms with Gasteiger partial charge >= 0.3 is 6.61 Å². The number of carbonyl (C=O) groups is 1. The van der Waals surface area contributed by atoms with Crippen LogP contribution in [0.5, 0.6) is 5.75 Å². The van der Waals surface area contributed by atoms with Crippen molar-refractivity contribution in [1.29, 1.82) is 0 Å². The number of para-hydroxylation sites is 2. The second kappa shape index (κ2) is 10.2. The van der Waals surface area contributed by atoms with Gasteiger partial charge in [0.1, 0.15) is 5.75 Å². The first kappa shape index (κ1) is 23.5. The lowest BCUT2D eigenvalue weighted by molar-refractivity contribution is -0.113. The second-order valence-corrected chi connectivity index (χ2v) is 8.77. The molecule has 5 rings (SSSR count). The van der Waals surface area contributed by atoms with Crippen LogP contribution in [0.15, 0.2) is 103 Å². The highest BCUT2D eigenvalue weighted by atomic mass is 19.3. The van der Waals surface area contributed by atoms with Crippen molar-refractivity contribution >= 4 is 23.2 Å². The summed E-state index contributed by atoms with van der Waals surface area (Å²) < 4.78 is 30.9. The molecule has 1 heterocycles. The van der Waals surface area contributed by atoms with Crippen LogP contribution in [-0.2, 0) is 11.2 Å². The number of nitrogens with zero attached hydrogens (tertiary/aromatic N) is 1. The Kier molecular flexibility index (Phi) is 6.63. The second-order valence-electron chi connectivity index (χ2n) is 8.77. The molecule has 4 aromatic rings. The molecule has 0 saturated carbocycles. The standard InChI is InChI=1S/C31H25F2NO2/c1-21-19-25-11-5-7-13-28(25)34(21)30(35)27(20-26-12-6-8-14-29(26)36-31(32)33)24-17-15-23(16-18-24)22-9-3-2-4-10-22/h2-18,20-21,31H,19H2,1H3/b27-20-/t21-/m0/s1. The van der Waals surface area contributed by atoms with Gasteiger partial charge in [0, 0.05) is 22.9 Å². The molecule has 1 amide bonds. The first-order valence-corrected chi connectivity index (χ1v) is 11.8. The van der Waals surface area contributed by atoms with Crippen LogP contribution in [0.25, 0.3) is 22.8 Å². The Labute approximate surface area is 209 Å². The predicted molar refractivity (Wildman–Crippen MR) is 140 cm³/mol. The van der Waals surface area contributed by atoms with Crippen LogP contribution in [-0.4, -0.2) is 18.6 Å². The van der Waals surface area contributed by atoms with Crippen LogP contribution in [0.2, 0.25) is 0 Å². The minimum absolute atomic E-state index is 0.0218. The summed E-state index contributed by atoms with van der Waals surface area (Å²) in [7, 11) is 0.